The Kier molecular flexibility index (Phi) is 6.01. The van der Waals surface area contributed by atoms with E-state index in [1.54, 1.807) is 4.57 Å². The molecule has 2 aromatic carbocycles. The molecule has 0 spiro atoms. The number of rotatable bonds is 5. The summed E-state index contributed by atoms with van der Waals surface area (Å²) in [4.78, 5) is 35.4. The van der Waals surface area contributed by atoms with Gasteiger partial charge in [-0.25, -0.2) is 9.78 Å². The Morgan fingerprint density at radius 3 is 2.51 bits per heavy atom. The second-order valence-electron chi connectivity index (χ2n) is 10.2. The van der Waals surface area contributed by atoms with Gasteiger partial charge in [-0.05, 0) is 58.4 Å². The van der Waals surface area contributed by atoms with Gasteiger partial charge in [0.2, 0.25) is 0 Å². The molecule has 0 aliphatic carbocycles. The van der Waals surface area contributed by atoms with Gasteiger partial charge in [0.05, 0.1) is 29.7 Å². The van der Waals surface area contributed by atoms with Crippen LogP contribution in [-0.2, 0) is 11.3 Å². The van der Waals surface area contributed by atoms with Crippen LogP contribution in [0.4, 0.5) is 4.79 Å². The van der Waals surface area contributed by atoms with E-state index in [2.05, 4.69) is 4.90 Å². The molecule has 2 bridgehead atoms. The maximum atomic E-state index is 13.7. The number of piperazine rings is 1. The molecule has 1 amide bonds. The van der Waals surface area contributed by atoms with Crippen molar-refractivity contribution >= 4 is 17.0 Å². The van der Waals surface area contributed by atoms with Crippen LogP contribution in [0.1, 0.15) is 39.9 Å². The van der Waals surface area contributed by atoms with E-state index in [1.165, 1.54) is 0 Å². The molecule has 2 saturated heterocycles. The van der Waals surface area contributed by atoms with Crippen LogP contribution in [0.2, 0.25) is 0 Å². The quantitative estimate of drug-likeness (QED) is 0.555. The van der Waals surface area contributed by atoms with Gasteiger partial charge in [0.15, 0.2) is 0 Å². The number of carbonyl (C=O) groups excluding carboxylic acids is 1. The molecule has 5 rings (SSSR count). The molecule has 2 aliphatic rings. The van der Waals surface area contributed by atoms with Crippen LogP contribution in [-0.4, -0.2) is 62.8 Å². The molecule has 184 valence electrons. The lowest BCUT2D eigenvalue weighted by molar-refractivity contribution is 0.0121. The molecular formula is C27H32N4O4. The predicted molar refractivity (Wildman–Crippen MR) is 134 cm³/mol. The van der Waals surface area contributed by atoms with E-state index < -0.39 is 5.60 Å². The second kappa shape index (κ2) is 9.00. The minimum absolute atomic E-state index is 0.103. The average molecular weight is 477 g/mol. The first-order valence-electron chi connectivity index (χ1n) is 12.2. The summed E-state index contributed by atoms with van der Waals surface area (Å²) in [6.45, 7) is 9.92. The van der Waals surface area contributed by atoms with Gasteiger partial charge in [-0.15, -0.1) is 0 Å². The van der Waals surface area contributed by atoms with Crippen LogP contribution >= 0.6 is 0 Å². The summed E-state index contributed by atoms with van der Waals surface area (Å²) in [5.41, 5.74) is 0.736. The summed E-state index contributed by atoms with van der Waals surface area (Å²) < 4.78 is 13.1. The largest absolute Gasteiger partial charge is 0.492 e. The van der Waals surface area contributed by atoms with Gasteiger partial charge >= 0.3 is 6.09 Å². The molecular weight excluding hydrogens is 444 g/mol. The van der Waals surface area contributed by atoms with Crippen molar-refractivity contribution in [3.8, 4) is 11.4 Å². The molecule has 3 heterocycles. The monoisotopic (exact) mass is 476 g/mol. The fourth-order valence-electron chi connectivity index (χ4n) is 5.12. The van der Waals surface area contributed by atoms with Crippen molar-refractivity contribution in [3.63, 3.8) is 0 Å². The van der Waals surface area contributed by atoms with E-state index in [9.17, 15) is 9.59 Å². The van der Waals surface area contributed by atoms with Crippen molar-refractivity contribution in [1.29, 1.82) is 0 Å². The summed E-state index contributed by atoms with van der Waals surface area (Å²) in [5.74, 6) is 1.31. The number of carbonyl (C=O) groups is 1. The highest BCUT2D eigenvalue weighted by Crippen LogP contribution is 2.33. The van der Waals surface area contributed by atoms with Crippen molar-refractivity contribution in [2.24, 2.45) is 0 Å². The number of aromatic nitrogens is 2. The Morgan fingerprint density at radius 2 is 1.80 bits per heavy atom. The van der Waals surface area contributed by atoms with Crippen molar-refractivity contribution < 1.29 is 14.3 Å². The fourth-order valence-corrected chi connectivity index (χ4v) is 5.12. The molecule has 35 heavy (non-hydrogen) atoms. The zero-order valence-electron chi connectivity index (χ0n) is 20.7. The number of benzene rings is 2. The fraction of sp³-hybridized carbons (Fsp3) is 0.444. The topological polar surface area (TPSA) is 76.9 Å². The maximum absolute atomic E-state index is 13.7. The van der Waals surface area contributed by atoms with E-state index in [1.807, 2.05) is 81.1 Å². The number of nitrogens with zero attached hydrogens (tertiary/aromatic N) is 4. The smallest absolute Gasteiger partial charge is 0.410 e. The lowest BCUT2D eigenvalue weighted by atomic mass is 10.2. The minimum Gasteiger partial charge on any atom is -0.492 e. The maximum Gasteiger partial charge on any atom is 0.410 e. The van der Waals surface area contributed by atoms with E-state index >= 15 is 0 Å². The van der Waals surface area contributed by atoms with Gasteiger partial charge < -0.3 is 14.4 Å². The van der Waals surface area contributed by atoms with Crippen LogP contribution in [0.15, 0.2) is 53.3 Å². The first-order valence-corrected chi connectivity index (χ1v) is 12.2. The molecule has 8 nitrogen and oxygen atoms in total. The zero-order chi connectivity index (χ0) is 24.7. The highest BCUT2D eigenvalue weighted by atomic mass is 16.6. The molecule has 0 radical (unpaired) electrons. The first-order chi connectivity index (χ1) is 16.7. The Bertz CT molecular complexity index is 1310. The van der Waals surface area contributed by atoms with Gasteiger partial charge in [0.25, 0.3) is 5.56 Å². The summed E-state index contributed by atoms with van der Waals surface area (Å²) in [6, 6.07) is 15.3. The van der Waals surface area contributed by atoms with Gasteiger partial charge in [-0.2, -0.15) is 0 Å². The van der Waals surface area contributed by atoms with Gasteiger partial charge in [0.1, 0.15) is 17.2 Å². The Balaban J connectivity index is 1.48. The highest BCUT2D eigenvalue weighted by Gasteiger charge is 2.46. The molecule has 8 heteroatoms. The second-order valence-corrected chi connectivity index (χ2v) is 10.2. The number of hydrogen-bond donors (Lipinski definition) is 0. The van der Waals surface area contributed by atoms with Crippen LogP contribution in [0.5, 0.6) is 5.75 Å². The van der Waals surface area contributed by atoms with E-state index in [4.69, 9.17) is 14.5 Å². The number of likely N-dealkylation sites (tertiary alicyclic amines) is 2. The molecule has 0 N–H and O–H groups in total. The number of amides is 1. The first kappa shape index (κ1) is 23.4. The molecule has 3 aromatic rings. The third kappa shape index (κ3) is 4.50. The zero-order valence-corrected chi connectivity index (χ0v) is 20.7. The number of para-hydroxylation sites is 3. The standard InChI is InChI=1S/C27H32N4O4/c1-5-34-23-13-9-8-12-22(23)31-24(28-21-11-7-6-10-20(21)25(31)32)17-29-15-19-14-18(29)16-30(19)26(33)35-27(2,3)4/h6-13,18-19H,5,14-17H2,1-4H3. The van der Waals surface area contributed by atoms with Gasteiger partial charge in [0, 0.05) is 25.2 Å². The molecule has 2 fully saturated rings. The Morgan fingerprint density at radius 1 is 1.06 bits per heavy atom. The third-order valence-corrected chi connectivity index (χ3v) is 6.58. The van der Waals surface area contributed by atoms with Crippen molar-refractivity contribution in [3.05, 3.63) is 64.7 Å². The number of hydrogen-bond acceptors (Lipinski definition) is 6. The summed E-state index contributed by atoms with van der Waals surface area (Å²) in [6.07, 6.45) is 0.642. The van der Waals surface area contributed by atoms with Crippen molar-refractivity contribution in [2.75, 3.05) is 19.7 Å². The lowest BCUT2D eigenvalue weighted by Crippen LogP contribution is -2.50. The third-order valence-electron chi connectivity index (χ3n) is 6.58. The van der Waals surface area contributed by atoms with E-state index in [0.29, 0.717) is 47.9 Å². The normalized spacial score (nSPS) is 19.9. The highest BCUT2D eigenvalue weighted by molar-refractivity contribution is 5.78. The lowest BCUT2D eigenvalue weighted by Gasteiger charge is -2.35. The minimum atomic E-state index is -0.516. The van der Waals surface area contributed by atoms with Gasteiger partial charge in [-0.3, -0.25) is 14.3 Å². The molecule has 1 aromatic heterocycles. The average Bonchev–Trinajstić information content (AvgIpc) is 3.40. The number of fused-ring (bicyclic) bond motifs is 3. The van der Waals surface area contributed by atoms with E-state index in [-0.39, 0.29) is 23.7 Å². The van der Waals surface area contributed by atoms with Crippen molar-refractivity contribution in [2.45, 2.75) is 58.3 Å². The number of ether oxygens (including phenoxy) is 2. The summed E-state index contributed by atoms with van der Waals surface area (Å²) >= 11 is 0. The summed E-state index contributed by atoms with van der Waals surface area (Å²) in [5, 5.41) is 0.571. The van der Waals surface area contributed by atoms with E-state index in [0.717, 1.165) is 13.0 Å². The van der Waals surface area contributed by atoms with Crippen LogP contribution in [0.25, 0.3) is 16.6 Å². The molecule has 2 atom stereocenters. The predicted octanol–water partition coefficient (Wildman–Crippen LogP) is 3.98. The SMILES string of the molecule is CCOc1ccccc1-n1c(CN2CC3CC2CN3C(=O)OC(C)(C)C)nc2ccccc2c1=O. The van der Waals surface area contributed by atoms with Gasteiger partial charge in [-0.1, -0.05) is 24.3 Å². The molecule has 2 unspecified atom stereocenters. The Labute approximate surface area is 205 Å². The van der Waals surface area contributed by atoms with Crippen molar-refractivity contribution in [1.82, 2.24) is 19.4 Å². The Hall–Kier alpha value is -3.39. The molecule has 0 saturated carbocycles. The van der Waals surface area contributed by atoms with Crippen LogP contribution in [0.3, 0.4) is 0 Å². The van der Waals surface area contributed by atoms with Crippen LogP contribution in [0, 0.1) is 0 Å². The summed E-state index contributed by atoms with van der Waals surface area (Å²) in [7, 11) is 0. The molecule has 2 aliphatic heterocycles. The van der Waals surface area contributed by atoms with Crippen LogP contribution < -0.4 is 10.3 Å².